The van der Waals surface area contributed by atoms with Gasteiger partial charge in [0.05, 0.1) is 18.9 Å². The first kappa shape index (κ1) is 10.5. The van der Waals surface area contributed by atoms with E-state index in [-0.39, 0.29) is 0 Å². The van der Waals surface area contributed by atoms with Gasteiger partial charge in [-0.05, 0) is 6.42 Å². The van der Waals surface area contributed by atoms with E-state index in [2.05, 4.69) is 17.1 Å². The molecular weight excluding hydrogens is 192 g/mol. The van der Waals surface area contributed by atoms with E-state index < -0.39 is 0 Å². The first-order chi connectivity index (χ1) is 6.36. The Bertz CT molecular complexity index is 240. The molecule has 0 N–H and O–H groups in total. The SMILES string of the molecule is CCCOCCc1nc(CCl)no1. The fourth-order valence-corrected chi connectivity index (χ4v) is 0.960. The van der Waals surface area contributed by atoms with E-state index in [0.717, 1.165) is 13.0 Å². The van der Waals surface area contributed by atoms with Crippen LogP contribution in [0.15, 0.2) is 4.52 Å². The number of aromatic nitrogens is 2. The van der Waals surface area contributed by atoms with Gasteiger partial charge in [-0.25, -0.2) is 0 Å². The van der Waals surface area contributed by atoms with E-state index in [1.165, 1.54) is 0 Å². The van der Waals surface area contributed by atoms with E-state index in [9.17, 15) is 0 Å². The summed E-state index contributed by atoms with van der Waals surface area (Å²) in [6, 6.07) is 0. The van der Waals surface area contributed by atoms with E-state index in [1.54, 1.807) is 0 Å². The van der Waals surface area contributed by atoms with Gasteiger partial charge in [-0.2, -0.15) is 4.98 Å². The van der Waals surface area contributed by atoms with Gasteiger partial charge < -0.3 is 9.26 Å². The number of ether oxygens (including phenoxy) is 1. The summed E-state index contributed by atoms with van der Waals surface area (Å²) in [5, 5.41) is 3.66. The molecule has 1 aromatic rings. The Kier molecular flexibility index (Phi) is 4.78. The minimum atomic E-state index is 0.291. The second kappa shape index (κ2) is 5.94. The molecule has 0 aliphatic heterocycles. The summed E-state index contributed by atoms with van der Waals surface area (Å²) in [6.07, 6.45) is 1.68. The summed E-state index contributed by atoms with van der Waals surface area (Å²) in [6.45, 7) is 3.46. The summed E-state index contributed by atoms with van der Waals surface area (Å²) in [5.74, 6) is 1.41. The number of rotatable bonds is 6. The molecule has 0 bridgehead atoms. The summed E-state index contributed by atoms with van der Waals surface area (Å²) in [7, 11) is 0. The van der Waals surface area contributed by atoms with Crippen molar-refractivity contribution < 1.29 is 9.26 Å². The number of hydrogen-bond donors (Lipinski definition) is 0. The zero-order chi connectivity index (χ0) is 9.52. The van der Waals surface area contributed by atoms with Crippen LogP contribution in [0.25, 0.3) is 0 Å². The minimum absolute atomic E-state index is 0.291. The van der Waals surface area contributed by atoms with Crippen LogP contribution in [0.4, 0.5) is 0 Å². The Morgan fingerprint density at radius 2 is 2.31 bits per heavy atom. The second-order valence-electron chi connectivity index (χ2n) is 2.60. The van der Waals surface area contributed by atoms with Crippen LogP contribution < -0.4 is 0 Å². The highest BCUT2D eigenvalue weighted by Crippen LogP contribution is 2.01. The summed E-state index contributed by atoms with van der Waals surface area (Å²) < 4.78 is 10.2. The number of hydrogen-bond acceptors (Lipinski definition) is 4. The maximum absolute atomic E-state index is 5.51. The Hall–Kier alpha value is -0.610. The first-order valence-electron chi connectivity index (χ1n) is 4.32. The lowest BCUT2D eigenvalue weighted by atomic mass is 10.4. The normalized spacial score (nSPS) is 10.6. The van der Waals surface area contributed by atoms with Crippen molar-refractivity contribution in [3.63, 3.8) is 0 Å². The molecule has 1 heterocycles. The van der Waals surface area contributed by atoms with Crippen molar-refractivity contribution in [1.29, 1.82) is 0 Å². The molecule has 1 rings (SSSR count). The lowest BCUT2D eigenvalue weighted by Crippen LogP contribution is -1.99. The molecule has 0 spiro atoms. The van der Waals surface area contributed by atoms with Gasteiger partial charge in [0.25, 0.3) is 0 Å². The van der Waals surface area contributed by atoms with Gasteiger partial charge in [0.1, 0.15) is 0 Å². The Balaban J connectivity index is 2.20. The van der Waals surface area contributed by atoms with Gasteiger partial charge >= 0.3 is 0 Å². The Labute approximate surface area is 82.2 Å². The molecule has 0 saturated heterocycles. The molecule has 4 nitrogen and oxygen atoms in total. The third-order valence-corrected chi connectivity index (χ3v) is 1.68. The average molecular weight is 205 g/mol. The molecule has 0 atom stereocenters. The quantitative estimate of drug-likeness (QED) is 0.524. The smallest absolute Gasteiger partial charge is 0.229 e. The van der Waals surface area contributed by atoms with Crippen molar-refractivity contribution in [2.75, 3.05) is 13.2 Å². The van der Waals surface area contributed by atoms with E-state index in [4.69, 9.17) is 20.9 Å². The van der Waals surface area contributed by atoms with Crippen molar-refractivity contribution >= 4 is 11.6 Å². The third kappa shape index (κ3) is 3.74. The van der Waals surface area contributed by atoms with Crippen LogP contribution in [0, 0.1) is 0 Å². The van der Waals surface area contributed by atoms with Crippen LogP contribution >= 0.6 is 11.6 Å². The molecule has 0 amide bonds. The maximum Gasteiger partial charge on any atom is 0.229 e. The van der Waals surface area contributed by atoms with Gasteiger partial charge in [0.15, 0.2) is 5.82 Å². The zero-order valence-corrected chi connectivity index (χ0v) is 8.38. The number of alkyl halides is 1. The van der Waals surface area contributed by atoms with Crippen LogP contribution in [0.1, 0.15) is 25.1 Å². The van der Waals surface area contributed by atoms with E-state index >= 15 is 0 Å². The third-order valence-electron chi connectivity index (χ3n) is 1.44. The van der Waals surface area contributed by atoms with Gasteiger partial charge in [0.2, 0.25) is 5.89 Å². The molecule has 0 saturated carbocycles. The monoisotopic (exact) mass is 204 g/mol. The molecule has 74 valence electrons. The Morgan fingerprint density at radius 1 is 1.46 bits per heavy atom. The maximum atomic E-state index is 5.51. The molecule has 1 aromatic heterocycles. The molecule has 0 aromatic carbocycles. The first-order valence-corrected chi connectivity index (χ1v) is 4.85. The highest BCUT2D eigenvalue weighted by molar-refractivity contribution is 6.16. The second-order valence-corrected chi connectivity index (χ2v) is 2.87. The molecule has 0 radical (unpaired) electrons. The Morgan fingerprint density at radius 3 is 2.92 bits per heavy atom. The molecule has 5 heteroatoms. The van der Waals surface area contributed by atoms with Crippen LogP contribution in [-0.2, 0) is 17.0 Å². The molecule has 0 unspecified atom stereocenters. The fourth-order valence-electron chi connectivity index (χ4n) is 0.852. The van der Waals surface area contributed by atoms with Gasteiger partial charge in [-0.3, -0.25) is 0 Å². The van der Waals surface area contributed by atoms with Crippen molar-refractivity contribution in [2.24, 2.45) is 0 Å². The zero-order valence-electron chi connectivity index (χ0n) is 7.62. The number of nitrogens with zero attached hydrogens (tertiary/aromatic N) is 2. The van der Waals surface area contributed by atoms with Crippen molar-refractivity contribution in [1.82, 2.24) is 10.1 Å². The van der Waals surface area contributed by atoms with Crippen LogP contribution in [0.5, 0.6) is 0 Å². The molecule has 0 aliphatic rings. The van der Waals surface area contributed by atoms with Crippen molar-refractivity contribution in [3.8, 4) is 0 Å². The standard InChI is InChI=1S/C8H13ClN2O2/c1-2-4-12-5-3-8-10-7(6-9)11-13-8/h2-6H2,1H3. The molecule has 13 heavy (non-hydrogen) atoms. The fraction of sp³-hybridized carbons (Fsp3) is 0.750. The van der Waals surface area contributed by atoms with Crippen LogP contribution in [-0.4, -0.2) is 23.4 Å². The lowest BCUT2D eigenvalue weighted by molar-refractivity contribution is 0.132. The summed E-state index contributed by atoms with van der Waals surface area (Å²) in [5.41, 5.74) is 0. The highest BCUT2D eigenvalue weighted by atomic mass is 35.5. The van der Waals surface area contributed by atoms with Gasteiger partial charge in [-0.15, -0.1) is 11.6 Å². The predicted octanol–water partition coefficient (Wildman–Crippen LogP) is 1.78. The average Bonchev–Trinajstić information content (AvgIpc) is 2.60. The molecule has 0 aliphatic carbocycles. The number of halogens is 1. The molecule has 0 fully saturated rings. The minimum Gasteiger partial charge on any atom is -0.381 e. The van der Waals surface area contributed by atoms with Crippen molar-refractivity contribution in [2.45, 2.75) is 25.6 Å². The van der Waals surface area contributed by atoms with E-state index in [0.29, 0.717) is 30.6 Å². The van der Waals surface area contributed by atoms with Gasteiger partial charge in [-0.1, -0.05) is 12.1 Å². The lowest BCUT2D eigenvalue weighted by Gasteiger charge is -1.97. The largest absolute Gasteiger partial charge is 0.381 e. The van der Waals surface area contributed by atoms with Crippen molar-refractivity contribution in [3.05, 3.63) is 11.7 Å². The highest BCUT2D eigenvalue weighted by Gasteiger charge is 2.03. The summed E-state index contributed by atoms with van der Waals surface area (Å²) in [4.78, 5) is 4.04. The van der Waals surface area contributed by atoms with Crippen LogP contribution in [0.2, 0.25) is 0 Å². The predicted molar refractivity (Wildman–Crippen MR) is 48.7 cm³/mol. The molecular formula is C8H13ClN2O2. The van der Waals surface area contributed by atoms with E-state index in [1.807, 2.05) is 0 Å². The summed E-state index contributed by atoms with van der Waals surface area (Å²) >= 11 is 5.51. The van der Waals surface area contributed by atoms with Crippen LogP contribution in [0.3, 0.4) is 0 Å². The van der Waals surface area contributed by atoms with Gasteiger partial charge in [0, 0.05) is 6.61 Å². The topological polar surface area (TPSA) is 48.2 Å².